The Morgan fingerprint density at radius 1 is 1.07 bits per heavy atom. The lowest BCUT2D eigenvalue weighted by atomic mass is 10.1. The van der Waals surface area contributed by atoms with Gasteiger partial charge in [-0.2, -0.15) is 0 Å². The van der Waals surface area contributed by atoms with E-state index >= 15 is 0 Å². The quantitative estimate of drug-likeness (QED) is 0.601. The minimum Gasteiger partial charge on any atom is -0.355 e. The van der Waals surface area contributed by atoms with Gasteiger partial charge in [0.2, 0.25) is 11.8 Å². The summed E-state index contributed by atoms with van der Waals surface area (Å²) in [4.78, 5) is 28.3. The highest BCUT2D eigenvalue weighted by atomic mass is 35.5. The normalized spacial score (nSPS) is 11.7. The van der Waals surface area contributed by atoms with Crippen LogP contribution in [0.25, 0.3) is 0 Å². The lowest BCUT2D eigenvalue weighted by molar-refractivity contribution is -0.139. The van der Waals surface area contributed by atoms with Gasteiger partial charge in [-0.1, -0.05) is 48.4 Å². The number of likely N-dealkylation sites (N-methyl/N-ethyl adjacent to an activating group) is 1. The summed E-state index contributed by atoms with van der Waals surface area (Å²) in [5.41, 5.74) is 2.17. The number of thioether (sulfide) groups is 1. The van der Waals surface area contributed by atoms with E-state index in [1.54, 1.807) is 4.90 Å². The Hall–Kier alpha value is -1.98. The number of carbonyl (C=O) groups is 2. The molecule has 0 aliphatic rings. The van der Waals surface area contributed by atoms with E-state index in [0.717, 1.165) is 16.0 Å². The molecular weight excluding hydrogens is 392 g/mol. The number of nitrogens with zero attached hydrogens (tertiary/aromatic N) is 1. The van der Waals surface area contributed by atoms with E-state index in [1.165, 1.54) is 11.8 Å². The smallest absolute Gasteiger partial charge is 0.242 e. The molecule has 0 aromatic heterocycles. The van der Waals surface area contributed by atoms with Crippen LogP contribution in [0.4, 0.5) is 0 Å². The maximum atomic E-state index is 13.1. The number of aryl methyl sites for hydroxylation is 1. The summed E-state index contributed by atoms with van der Waals surface area (Å²) in [7, 11) is 0. The molecule has 0 fully saturated rings. The van der Waals surface area contributed by atoms with Crippen molar-refractivity contribution in [2.24, 2.45) is 0 Å². The second kappa shape index (κ2) is 11.1. The Morgan fingerprint density at radius 3 is 2.29 bits per heavy atom. The van der Waals surface area contributed by atoms with Gasteiger partial charge in [0.1, 0.15) is 6.04 Å². The van der Waals surface area contributed by atoms with Gasteiger partial charge in [-0.05, 0) is 50.1 Å². The average molecular weight is 419 g/mol. The molecule has 0 aliphatic carbocycles. The van der Waals surface area contributed by atoms with Gasteiger partial charge in [-0.3, -0.25) is 9.59 Å². The molecule has 28 heavy (non-hydrogen) atoms. The summed E-state index contributed by atoms with van der Waals surface area (Å²) < 4.78 is 0. The van der Waals surface area contributed by atoms with Crippen molar-refractivity contribution >= 4 is 35.2 Å². The summed E-state index contributed by atoms with van der Waals surface area (Å²) in [6.07, 6.45) is 0.565. The highest BCUT2D eigenvalue weighted by molar-refractivity contribution is 8.00. The van der Waals surface area contributed by atoms with Gasteiger partial charge in [-0.15, -0.1) is 11.8 Å². The first-order valence-electron chi connectivity index (χ1n) is 9.45. The Labute approximate surface area is 176 Å². The molecule has 150 valence electrons. The first-order valence-corrected chi connectivity index (χ1v) is 10.8. The number of hydrogen-bond donors (Lipinski definition) is 1. The van der Waals surface area contributed by atoms with Crippen molar-refractivity contribution in [1.82, 2.24) is 10.2 Å². The first kappa shape index (κ1) is 22.3. The second-order valence-corrected chi connectivity index (χ2v) is 8.05. The van der Waals surface area contributed by atoms with E-state index in [1.807, 2.05) is 69.3 Å². The van der Waals surface area contributed by atoms with Gasteiger partial charge in [0.15, 0.2) is 0 Å². The van der Waals surface area contributed by atoms with Crippen molar-refractivity contribution in [2.75, 3.05) is 12.3 Å². The summed E-state index contributed by atoms with van der Waals surface area (Å²) in [5.74, 6) is 0.101. The van der Waals surface area contributed by atoms with Crippen molar-refractivity contribution in [3.05, 3.63) is 64.7 Å². The second-order valence-electron chi connectivity index (χ2n) is 6.57. The van der Waals surface area contributed by atoms with Crippen LogP contribution in [0.15, 0.2) is 53.4 Å². The predicted octanol–water partition coefficient (Wildman–Crippen LogP) is 4.68. The number of halogens is 1. The fourth-order valence-corrected chi connectivity index (χ4v) is 3.77. The molecule has 6 heteroatoms. The molecule has 1 N–H and O–H groups in total. The molecule has 2 amide bonds. The molecule has 0 aliphatic heterocycles. The van der Waals surface area contributed by atoms with Crippen LogP contribution in [0.2, 0.25) is 5.02 Å². The van der Waals surface area contributed by atoms with Gasteiger partial charge in [0, 0.05) is 23.0 Å². The van der Waals surface area contributed by atoms with Crippen LogP contribution in [0.3, 0.4) is 0 Å². The monoisotopic (exact) mass is 418 g/mol. The Morgan fingerprint density at radius 2 is 1.71 bits per heavy atom. The largest absolute Gasteiger partial charge is 0.355 e. The van der Waals surface area contributed by atoms with E-state index in [4.69, 9.17) is 11.6 Å². The van der Waals surface area contributed by atoms with Crippen LogP contribution >= 0.6 is 23.4 Å². The van der Waals surface area contributed by atoms with E-state index in [0.29, 0.717) is 24.5 Å². The number of amides is 2. The maximum Gasteiger partial charge on any atom is 0.242 e. The molecular formula is C22H27ClN2O2S. The van der Waals surface area contributed by atoms with Crippen molar-refractivity contribution in [3.63, 3.8) is 0 Å². The standard InChI is InChI=1S/C22H27ClN2O2S/c1-4-20(22(27)24-5-2)25(14-17-8-6-16(3)7-9-17)21(26)15-28-19-12-10-18(23)11-13-19/h6-13,20H,4-5,14-15H2,1-3H3,(H,24,27)/t20-/m0/s1. The van der Waals surface area contributed by atoms with Crippen LogP contribution in [0.5, 0.6) is 0 Å². The lowest BCUT2D eigenvalue weighted by Gasteiger charge is -2.30. The molecule has 2 aromatic rings. The van der Waals surface area contributed by atoms with E-state index in [2.05, 4.69) is 5.32 Å². The highest BCUT2D eigenvalue weighted by Gasteiger charge is 2.28. The number of carbonyl (C=O) groups excluding carboxylic acids is 2. The molecule has 0 spiro atoms. The zero-order valence-electron chi connectivity index (χ0n) is 16.6. The Bertz CT molecular complexity index is 778. The molecule has 1 atom stereocenters. The van der Waals surface area contributed by atoms with E-state index in [9.17, 15) is 9.59 Å². The minimum absolute atomic E-state index is 0.0568. The zero-order chi connectivity index (χ0) is 20.5. The molecule has 0 saturated heterocycles. The maximum absolute atomic E-state index is 13.1. The molecule has 2 rings (SSSR count). The van der Waals surface area contributed by atoms with Gasteiger partial charge in [-0.25, -0.2) is 0 Å². The third-order valence-corrected chi connectivity index (χ3v) is 5.64. The Balaban J connectivity index is 2.16. The van der Waals surface area contributed by atoms with Crippen LogP contribution in [-0.2, 0) is 16.1 Å². The number of rotatable bonds is 9. The molecule has 2 aromatic carbocycles. The Kier molecular flexibility index (Phi) is 8.87. The van der Waals surface area contributed by atoms with Gasteiger partial charge >= 0.3 is 0 Å². The SMILES string of the molecule is CCNC(=O)[C@H](CC)N(Cc1ccc(C)cc1)C(=O)CSc1ccc(Cl)cc1. The fraction of sp³-hybridized carbons (Fsp3) is 0.364. The molecule has 0 saturated carbocycles. The average Bonchev–Trinajstić information content (AvgIpc) is 2.69. The van der Waals surface area contributed by atoms with Crippen LogP contribution in [-0.4, -0.2) is 35.1 Å². The summed E-state index contributed by atoms with van der Waals surface area (Å²) in [6, 6.07) is 15.0. The lowest BCUT2D eigenvalue weighted by Crippen LogP contribution is -2.49. The number of hydrogen-bond acceptors (Lipinski definition) is 3. The van der Waals surface area contributed by atoms with Gasteiger partial charge < -0.3 is 10.2 Å². The van der Waals surface area contributed by atoms with Gasteiger partial charge in [0.25, 0.3) is 0 Å². The third kappa shape index (κ3) is 6.57. The molecule has 0 unspecified atom stereocenters. The highest BCUT2D eigenvalue weighted by Crippen LogP contribution is 2.22. The molecule has 0 radical (unpaired) electrons. The van der Waals surface area contributed by atoms with Crippen molar-refractivity contribution < 1.29 is 9.59 Å². The van der Waals surface area contributed by atoms with Crippen LogP contribution < -0.4 is 5.32 Å². The summed E-state index contributed by atoms with van der Waals surface area (Å²) >= 11 is 7.37. The fourth-order valence-electron chi connectivity index (χ4n) is 2.86. The van der Waals surface area contributed by atoms with E-state index < -0.39 is 6.04 Å². The first-order chi connectivity index (χ1) is 13.4. The number of benzene rings is 2. The predicted molar refractivity (Wildman–Crippen MR) is 117 cm³/mol. The van der Waals surface area contributed by atoms with Gasteiger partial charge in [0.05, 0.1) is 5.75 Å². The van der Waals surface area contributed by atoms with Crippen LogP contribution in [0.1, 0.15) is 31.4 Å². The summed E-state index contributed by atoms with van der Waals surface area (Å²) in [6.45, 7) is 6.80. The topological polar surface area (TPSA) is 49.4 Å². The van der Waals surface area contributed by atoms with Crippen molar-refractivity contribution in [3.8, 4) is 0 Å². The molecule has 4 nitrogen and oxygen atoms in total. The minimum atomic E-state index is -0.487. The van der Waals surface area contributed by atoms with Crippen molar-refractivity contribution in [2.45, 2.75) is 44.7 Å². The number of nitrogens with one attached hydrogen (secondary N) is 1. The summed E-state index contributed by atoms with van der Waals surface area (Å²) in [5, 5.41) is 3.52. The molecule has 0 bridgehead atoms. The van der Waals surface area contributed by atoms with Crippen LogP contribution in [0, 0.1) is 6.92 Å². The van der Waals surface area contributed by atoms with Crippen molar-refractivity contribution in [1.29, 1.82) is 0 Å². The zero-order valence-corrected chi connectivity index (χ0v) is 18.1. The molecule has 0 heterocycles. The van der Waals surface area contributed by atoms with E-state index in [-0.39, 0.29) is 17.6 Å². The third-order valence-electron chi connectivity index (χ3n) is 4.39.